The van der Waals surface area contributed by atoms with Crippen molar-refractivity contribution in [2.75, 3.05) is 5.32 Å². The van der Waals surface area contributed by atoms with E-state index in [1.807, 2.05) is 6.07 Å². The Morgan fingerprint density at radius 3 is 2.58 bits per heavy atom. The lowest BCUT2D eigenvalue weighted by molar-refractivity contribution is 0.0992. The number of nitrogens with zero attached hydrogens (tertiary/aromatic N) is 2. The molecule has 2 aromatic heterocycles. The van der Waals surface area contributed by atoms with Gasteiger partial charge in [0.25, 0.3) is 5.91 Å². The molecule has 0 aliphatic rings. The average Bonchev–Trinajstić information content (AvgIpc) is 3.37. The molecule has 0 unspecified atom stereocenters. The van der Waals surface area contributed by atoms with Crippen LogP contribution in [0.4, 0.5) is 10.2 Å². The van der Waals surface area contributed by atoms with E-state index in [0.717, 1.165) is 11.6 Å². The summed E-state index contributed by atoms with van der Waals surface area (Å²) in [7, 11) is 0. The van der Waals surface area contributed by atoms with Crippen LogP contribution in [0.5, 0.6) is 5.75 Å². The number of nitrogens with one attached hydrogen (secondary N) is 1. The summed E-state index contributed by atoms with van der Waals surface area (Å²) >= 11 is 24.1. The van der Waals surface area contributed by atoms with E-state index in [1.165, 1.54) is 18.2 Å². The van der Waals surface area contributed by atoms with Crippen LogP contribution in [0, 0.1) is 5.82 Å². The van der Waals surface area contributed by atoms with Crippen molar-refractivity contribution >= 4 is 58.1 Å². The topological polar surface area (TPSA) is 69.3 Å². The highest BCUT2D eigenvalue weighted by Gasteiger charge is 2.16. The normalized spacial score (nSPS) is 10.9. The van der Waals surface area contributed by atoms with Gasteiger partial charge in [0.15, 0.2) is 11.6 Å². The first-order valence-corrected chi connectivity index (χ1v) is 10.9. The molecule has 0 bridgehead atoms. The molecule has 33 heavy (non-hydrogen) atoms. The predicted molar refractivity (Wildman–Crippen MR) is 125 cm³/mol. The molecule has 0 atom stereocenters. The number of furan rings is 1. The quantitative estimate of drug-likeness (QED) is 0.277. The van der Waals surface area contributed by atoms with E-state index < -0.39 is 11.7 Å². The van der Waals surface area contributed by atoms with E-state index >= 15 is 0 Å². The first-order chi connectivity index (χ1) is 15.8. The van der Waals surface area contributed by atoms with Crippen LogP contribution in [-0.4, -0.2) is 15.7 Å². The van der Waals surface area contributed by atoms with E-state index in [1.54, 1.807) is 29.1 Å². The summed E-state index contributed by atoms with van der Waals surface area (Å²) in [6.45, 7) is 0.373. The van der Waals surface area contributed by atoms with Crippen LogP contribution in [0.2, 0.25) is 20.1 Å². The molecular formula is C22H14Cl4FN3O3. The molecular weight excluding hydrogens is 515 g/mol. The average molecular weight is 529 g/mol. The molecule has 0 aliphatic carbocycles. The zero-order chi connectivity index (χ0) is 23.5. The van der Waals surface area contributed by atoms with E-state index in [2.05, 4.69) is 10.4 Å². The minimum Gasteiger partial charge on any atom is -0.484 e. The summed E-state index contributed by atoms with van der Waals surface area (Å²) < 4.78 is 25.7. The van der Waals surface area contributed by atoms with Gasteiger partial charge in [-0.15, -0.1) is 0 Å². The first kappa shape index (κ1) is 23.4. The van der Waals surface area contributed by atoms with Crippen molar-refractivity contribution in [3.63, 3.8) is 0 Å². The Morgan fingerprint density at radius 2 is 1.82 bits per heavy atom. The highest BCUT2D eigenvalue weighted by molar-refractivity contribution is 6.42. The molecule has 170 valence electrons. The number of hydrogen-bond acceptors (Lipinski definition) is 4. The zero-order valence-electron chi connectivity index (χ0n) is 16.6. The minimum atomic E-state index is -0.539. The fourth-order valence-electron chi connectivity index (χ4n) is 2.88. The monoisotopic (exact) mass is 527 g/mol. The lowest BCUT2D eigenvalue weighted by atomic mass is 10.2. The highest BCUT2D eigenvalue weighted by atomic mass is 35.5. The smallest absolute Gasteiger partial charge is 0.292 e. The Labute approximate surface area is 207 Å². The molecule has 4 aromatic rings. The summed E-state index contributed by atoms with van der Waals surface area (Å²) in [4.78, 5) is 12.5. The van der Waals surface area contributed by atoms with E-state index in [4.69, 9.17) is 55.6 Å². The van der Waals surface area contributed by atoms with Gasteiger partial charge in [0.2, 0.25) is 0 Å². The SMILES string of the molecule is O=C(Nc1nn(Cc2ccc(Cl)c(Cl)c2)cc1Cl)c1ccc(COc2ccc(F)cc2Cl)o1. The molecule has 6 nitrogen and oxygen atoms in total. The number of ether oxygens (including phenoxy) is 1. The van der Waals surface area contributed by atoms with E-state index in [0.29, 0.717) is 28.1 Å². The number of aromatic nitrogens is 2. The van der Waals surface area contributed by atoms with Crippen molar-refractivity contribution in [2.45, 2.75) is 13.2 Å². The van der Waals surface area contributed by atoms with Crippen LogP contribution in [0.15, 0.2) is 59.1 Å². The van der Waals surface area contributed by atoms with Crippen LogP contribution in [0.1, 0.15) is 21.9 Å². The van der Waals surface area contributed by atoms with Crippen LogP contribution in [0.3, 0.4) is 0 Å². The van der Waals surface area contributed by atoms with Gasteiger partial charge in [-0.3, -0.25) is 9.48 Å². The van der Waals surface area contributed by atoms with Crippen molar-refractivity contribution in [1.29, 1.82) is 0 Å². The first-order valence-electron chi connectivity index (χ1n) is 9.43. The Morgan fingerprint density at radius 1 is 1.00 bits per heavy atom. The molecule has 0 radical (unpaired) electrons. The summed E-state index contributed by atoms with van der Waals surface area (Å²) in [5.74, 6) is -0.135. The second-order valence-electron chi connectivity index (χ2n) is 6.86. The summed E-state index contributed by atoms with van der Waals surface area (Å²) in [5, 5.41) is 8.17. The van der Waals surface area contributed by atoms with Gasteiger partial charge in [-0.1, -0.05) is 52.5 Å². The molecule has 4 rings (SSSR count). The lowest BCUT2D eigenvalue weighted by Crippen LogP contribution is -2.12. The van der Waals surface area contributed by atoms with Gasteiger partial charge in [0, 0.05) is 6.20 Å². The third-order valence-electron chi connectivity index (χ3n) is 4.43. The van der Waals surface area contributed by atoms with Gasteiger partial charge in [-0.2, -0.15) is 5.10 Å². The molecule has 1 amide bonds. The van der Waals surface area contributed by atoms with Gasteiger partial charge in [0.1, 0.15) is 29.0 Å². The molecule has 0 saturated heterocycles. The molecule has 0 saturated carbocycles. The Balaban J connectivity index is 1.38. The fraction of sp³-hybridized carbons (Fsp3) is 0.0909. The maximum atomic E-state index is 13.1. The number of rotatable bonds is 7. The summed E-state index contributed by atoms with van der Waals surface area (Å²) in [6, 6.07) is 12.1. The number of anilines is 1. The second-order valence-corrected chi connectivity index (χ2v) is 8.48. The minimum absolute atomic E-state index is 0.00231. The number of hydrogen-bond donors (Lipinski definition) is 1. The standard InChI is InChI=1S/C22H14Cl4FN3O3/c23-15-4-1-12(7-16(15)24)9-30-10-18(26)21(29-30)28-22(31)20-6-3-14(33-20)11-32-19-5-2-13(27)8-17(19)25/h1-8,10H,9,11H2,(H,28,29,31). The van der Waals surface area contributed by atoms with Crippen LogP contribution in [-0.2, 0) is 13.2 Å². The van der Waals surface area contributed by atoms with Crippen molar-refractivity contribution < 1.29 is 18.3 Å². The van der Waals surface area contributed by atoms with Gasteiger partial charge in [-0.25, -0.2) is 4.39 Å². The van der Waals surface area contributed by atoms with Gasteiger partial charge < -0.3 is 14.5 Å². The van der Waals surface area contributed by atoms with Crippen molar-refractivity contribution in [3.8, 4) is 5.75 Å². The number of carbonyl (C=O) groups excluding carboxylic acids is 1. The molecule has 0 aliphatic heterocycles. The van der Waals surface area contributed by atoms with E-state index in [-0.39, 0.29) is 28.2 Å². The molecule has 11 heteroatoms. The Bertz CT molecular complexity index is 1320. The van der Waals surface area contributed by atoms with Crippen molar-refractivity contribution in [2.24, 2.45) is 0 Å². The largest absolute Gasteiger partial charge is 0.484 e. The summed E-state index contributed by atoms with van der Waals surface area (Å²) in [6.07, 6.45) is 1.58. The van der Waals surface area contributed by atoms with Crippen LogP contribution >= 0.6 is 46.4 Å². The number of halogens is 5. The zero-order valence-corrected chi connectivity index (χ0v) is 19.6. The Hall–Kier alpha value is -2.71. The maximum absolute atomic E-state index is 13.1. The molecule has 2 aromatic carbocycles. The number of benzene rings is 2. The number of carbonyl (C=O) groups is 1. The van der Waals surface area contributed by atoms with Crippen molar-refractivity contribution in [3.05, 3.63) is 97.7 Å². The molecule has 0 spiro atoms. The second kappa shape index (κ2) is 10.1. The Kier molecular flexibility index (Phi) is 7.14. The lowest BCUT2D eigenvalue weighted by Gasteiger charge is -2.06. The highest BCUT2D eigenvalue weighted by Crippen LogP contribution is 2.27. The number of amides is 1. The van der Waals surface area contributed by atoms with Gasteiger partial charge in [-0.05, 0) is 48.0 Å². The maximum Gasteiger partial charge on any atom is 0.292 e. The third-order valence-corrected chi connectivity index (χ3v) is 5.74. The summed E-state index contributed by atoms with van der Waals surface area (Å²) in [5.41, 5.74) is 0.860. The third kappa shape index (κ3) is 5.81. The molecule has 1 N–H and O–H groups in total. The van der Waals surface area contributed by atoms with Gasteiger partial charge >= 0.3 is 0 Å². The predicted octanol–water partition coefficient (Wildman–Crippen LogP) is 7.11. The molecule has 0 fully saturated rings. The van der Waals surface area contributed by atoms with E-state index in [9.17, 15) is 9.18 Å². The van der Waals surface area contributed by atoms with Crippen LogP contribution < -0.4 is 10.1 Å². The van der Waals surface area contributed by atoms with Gasteiger partial charge in [0.05, 0.1) is 21.6 Å². The van der Waals surface area contributed by atoms with Crippen LogP contribution in [0.25, 0.3) is 0 Å². The van der Waals surface area contributed by atoms with Crippen molar-refractivity contribution in [1.82, 2.24) is 9.78 Å². The molecule has 2 heterocycles. The fourth-order valence-corrected chi connectivity index (χ4v) is 3.62.